The number of carbonyl (C=O) groups excluding carboxylic acids is 1. The molecule has 27 heavy (non-hydrogen) atoms. The number of anilines is 1. The van der Waals surface area contributed by atoms with Gasteiger partial charge in [-0.25, -0.2) is 4.98 Å². The third-order valence-electron chi connectivity index (χ3n) is 4.48. The van der Waals surface area contributed by atoms with Crippen molar-refractivity contribution in [3.05, 3.63) is 47.2 Å². The number of carbonyl (C=O) groups is 1. The molecule has 7 nitrogen and oxygen atoms in total. The molecule has 1 aliphatic rings. The van der Waals surface area contributed by atoms with Crippen molar-refractivity contribution in [2.24, 2.45) is 4.99 Å². The van der Waals surface area contributed by atoms with E-state index >= 15 is 0 Å². The van der Waals surface area contributed by atoms with Gasteiger partial charge in [-0.3, -0.25) is 9.79 Å². The minimum absolute atomic E-state index is 0. The molecule has 0 spiro atoms. The Morgan fingerprint density at radius 3 is 2.48 bits per heavy atom. The van der Waals surface area contributed by atoms with Crippen LogP contribution in [0.3, 0.4) is 0 Å². The predicted molar refractivity (Wildman–Crippen MR) is 116 cm³/mol. The lowest BCUT2D eigenvalue weighted by Gasteiger charge is -2.16. The first-order chi connectivity index (χ1) is 12.6. The van der Waals surface area contributed by atoms with Crippen molar-refractivity contribution in [2.45, 2.75) is 39.8 Å². The molecular formula is C19H26IN5O2. The van der Waals surface area contributed by atoms with Crippen molar-refractivity contribution in [2.75, 3.05) is 18.5 Å². The summed E-state index contributed by atoms with van der Waals surface area (Å²) < 4.78 is 5.55. The van der Waals surface area contributed by atoms with E-state index in [1.54, 1.807) is 7.05 Å². The molecule has 3 rings (SSSR count). The highest BCUT2D eigenvalue weighted by molar-refractivity contribution is 14.0. The van der Waals surface area contributed by atoms with Crippen LogP contribution in [-0.2, 0) is 17.9 Å². The zero-order valence-corrected chi connectivity index (χ0v) is 18.2. The smallest absolute Gasteiger partial charge is 0.227 e. The molecule has 8 heteroatoms. The van der Waals surface area contributed by atoms with E-state index in [4.69, 9.17) is 4.42 Å². The van der Waals surface area contributed by atoms with Gasteiger partial charge in [-0.1, -0.05) is 12.1 Å². The molecule has 1 amide bonds. The first-order valence-corrected chi connectivity index (χ1v) is 8.83. The Hall–Kier alpha value is -2.10. The first-order valence-electron chi connectivity index (χ1n) is 8.83. The van der Waals surface area contributed by atoms with Gasteiger partial charge in [-0.2, -0.15) is 0 Å². The van der Waals surface area contributed by atoms with Gasteiger partial charge in [-0.05, 0) is 38.0 Å². The van der Waals surface area contributed by atoms with E-state index in [0.717, 1.165) is 35.7 Å². The SMILES string of the molecule is CN=C(NCc1ccc(N2CCCC2=O)cc1)NCc1nc(C)c(C)o1.I. The summed E-state index contributed by atoms with van der Waals surface area (Å²) in [5.74, 6) is 2.36. The maximum Gasteiger partial charge on any atom is 0.227 e. The molecule has 0 atom stereocenters. The summed E-state index contributed by atoms with van der Waals surface area (Å²) >= 11 is 0. The molecule has 2 aromatic rings. The summed E-state index contributed by atoms with van der Waals surface area (Å²) in [6.07, 6.45) is 1.59. The van der Waals surface area contributed by atoms with E-state index in [1.807, 2.05) is 43.0 Å². The second kappa shape index (κ2) is 9.72. The molecule has 1 fully saturated rings. The number of aryl methyl sites for hydroxylation is 2. The van der Waals surface area contributed by atoms with E-state index in [9.17, 15) is 4.79 Å². The molecule has 2 heterocycles. The summed E-state index contributed by atoms with van der Waals surface area (Å²) in [4.78, 5) is 22.2. The molecule has 1 saturated heterocycles. The third-order valence-corrected chi connectivity index (χ3v) is 4.48. The first kappa shape index (κ1) is 21.2. The van der Waals surface area contributed by atoms with Crippen LogP contribution in [0.5, 0.6) is 0 Å². The molecule has 0 unspecified atom stereocenters. The number of oxazole rings is 1. The Bertz CT molecular complexity index is 781. The van der Waals surface area contributed by atoms with Gasteiger partial charge in [0.05, 0.1) is 12.2 Å². The summed E-state index contributed by atoms with van der Waals surface area (Å²) in [6.45, 7) is 5.75. The lowest BCUT2D eigenvalue weighted by atomic mass is 10.2. The summed E-state index contributed by atoms with van der Waals surface area (Å²) in [5, 5.41) is 6.45. The molecule has 2 N–H and O–H groups in total. The summed E-state index contributed by atoms with van der Waals surface area (Å²) in [5.41, 5.74) is 2.99. The number of aliphatic imine (C=N–C) groups is 1. The zero-order chi connectivity index (χ0) is 18.5. The Labute approximate surface area is 176 Å². The Morgan fingerprint density at radius 1 is 1.22 bits per heavy atom. The maximum atomic E-state index is 11.8. The van der Waals surface area contributed by atoms with E-state index in [-0.39, 0.29) is 29.9 Å². The van der Waals surface area contributed by atoms with Crippen LogP contribution in [0.15, 0.2) is 33.7 Å². The highest BCUT2D eigenvalue weighted by atomic mass is 127. The fourth-order valence-electron chi connectivity index (χ4n) is 2.90. The van der Waals surface area contributed by atoms with E-state index in [2.05, 4.69) is 20.6 Å². The van der Waals surface area contributed by atoms with Gasteiger partial charge in [-0.15, -0.1) is 24.0 Å². The van der Waals surface area contributed by atoms with Crippen molar-refractivity contribution in [1.29, 1.82) is 0 Å². The van der Waals surface area contributed by atoms with E-state index < -0.39 is 0 Å². The van der Waals surface area contributed by atoms with Crippen molar-refractivity contribution in [1.82, 2.24) is 15.6 Å². The molecule has 0 radical (unpaired) electrons. The molecule has 1 aromatic heterocycles. The maximum absolute atomic E-state index is 11.8. The fraction of sp³-hybridized carbons (Fsp3) is 0.421. The van der Waals surface area contributed by atoms with Gasteiger partial charge in [0.1, 0.15) is 5.76 Å². The summed E-state index contributed by atoms with van der Waals surface area (Å²) in [7, 11) is 1.73. The van der Waals surface area contributed by atoms with Crippen LogP contribution in [0.4, 0.5) is 5.69 Å². The Kier molecular flexibility index (Phi) is 7.64. The number of hydrogen-bond donors (Lipinski definition) is 2. The van der Waals surface area contributed by atoms with Gasteiger partial charge >= 0.3 is 0 Å². The molecule has 1 aliphatic heterocycles. The molecule has 1 aromatic carbocycles. The molecule has 146 valence electrons. The van der Waals surface area contributed by atoms with E-state index in [0.29, 0.717) is 31.4 Å². The van der Waals surface area contributed by atoms with Crippen LogP contribution in [0.1, 0.15) is 35.7 Å². The molecular weight excluding hydrogens is 457 g/mol. The minimum Gasteiger partial charge on any atom is -0.444 e. The lowest BCUT2D eigenvalue weighted by Crippen LogP contribution is -2.36. The second-order valence-corrected chi connectivity index (χ2v) is 6.34. The van der Waals surface area contributed by atoms with Crippen molar-refractivity contribution < 1.29 is 9.21 Å². The number of aromatic nitrogens is 1. The van der Waals surface area contributed by atoms with Crippen LogP contribution in [0.25, 0.3) is 0 Å². The van der Waals surface area contributed by atoms with Crippen LogP contribution in [-0.4, -0.2) is 30.4 Å². The highest BCUT2D eigenvalue weighted by Gasteiger charge is 2.21. The summed E-state index contributed by atoms with van der Waals surface area (Å²) in [6, 6.07) is 8.05. The van der Waals surface area contributed by atoms with Gasteiger partial charge in [0, 0.05) is 32.2 Å². The van der Waals surface area contributed by atoms with Crippen molar-refractivity contribution in [3.8, 4) is 0 Å². The molecule has 0 bridgehead atoms. The standard InChI is InChI=1S/C19H25N5O2.HI/c1-13-14(2)26-17(23-13)12-22-19(20-3)21-11-15-6-8-16(9-7-15)24-10-4-5-18(24)25;/h6-9H,4-5,10-12H2,1-3H3,(H2,20,21,22);1H. The van der Waals surface area contributed by atoms with E-state index in [1.165, 1.54) is 0 Å². The number of benzene rings is 1. The van der Waals surface area contributed by atoms with Gasteiger partial charge in [0.25, 0.3) is 0 Å². The highest BCUT2D eigenvalue weighted by Crippen LogP contribution is 2.21. The zero-order valence-electron chi connectivity index (χ0n) is 15.9. The largest absolute Gasteiger partial charge is 0.444 e. The number of halogens is 1. The van der Waals surface area contributed by atoms with Gasteiger partial charge < -0.3 is 20.0 Å². The average molecular weight is 483 g/mol. The third kappa shape index (κ3) is 5.44. The monoisotopic (exact) mass is 483 g/mol. The van der Waals surface area contributed by atoms with Crippen LogP contribution in [0.2, 0.25) is 0 Å². The number of guanidine groups is 1. The lowest BCUT2D eigenvalue weighted by molar-refractivity contribution is -0.117. The Morgan fingerprint density at radius 2 is 1.93 bits per heavy atom. The van der Waals surface area contributed by atoms with Crippen molar-refractivity contribution in [3.63, 3.8) is 0 Å². The van der Waals surface area contributed by atoms with Gasteiger partial charge in [0.2, 0.25) is 11.8 Å². The normalized spacial score (nSPS) is 14.3. The number of rotatable bonds is 5. The minimum atomic E-state index is 0. The number of hydrogen-bond acceptors (Lipinski definition) is 4. The fourth-order valence-corrected chi connectivity index (χ4v) is 2.90. The molecule has 0 aliphatic carbocycles. The Balaban J connectivity index is 0.00000261. The topological polar surface area (TPSA) is 82.8 Å². The van der Waals surface area contributed by atoms with Gasteiger partial charge in [0.15, 0.2) is 5.96 Å². The predicted octanol–water partition coefficient (Wildman–Crippen LogP) is 2.90. The molecule has 0 saturated carbocycles. The second-order valence-electron chi connectivity index (χ2n) is 6.34. The van der Waals surface area contributed by atoms with Crippen LogP contribution < -0.4 is 15.5 Å². The van der Waals surface area contributed by atoms with Crippen molar-refractivity contribution >= 4 is 41.5 Å². The average Bonchev–Trinajstić information content (AvgIpc) is 3.21. The number of nitrogens with one attached hydrogen (secondary N) is 2. The van der Waals surface area contributed by atoms with Crippen LogP contribution in [0, 0.1) is 13.8 Å². The van der Waals surface area contributed by atoms with Crippen LogP contribution >= 0.6 is 24.0 Å². The number of amides is 1. The number of nitrogens with zero attached hydrogens (tertiary/aromatic N) is 3. The quantitative estimate of drug-likeness (QED) is 0.389.